The van der Waals surface area contributed by atoms with Crippen molar-refractivity contribution in [2.75, 3.05) is 26.9 Å². The highest BCUT2D eigenvalue weighted by molar-refractivity contribution is 6.04. The number of methoxy groups -OCH3 is 1. The van der Waals surface area contributed by atoms with Gasteiger partial charge in [0.15, 0.2) is 5.78 Å². The standard InChI is InChI=1S/C28H31NO5/c1-4-33-14-15-34-28(31)25-18(2)29-22-16-20(19-10-6-5-7-11-19)17-23(30)27(22)26(25)21-12-8-9-13-24(21)32-3/h5-13,20,26,29H,4,14-17H2,1-3H3/t20-,26+/m1/s1. The van der Waals surface area contributed by atoms with Gasteiger partial charge >= 0.3 is 5.97 Å². The molecule has 0 aromatic heterocycles. The van der Waals surface area contributed by atoms with Crippen molar-refractivity contribution < 1.29 is 23.8 Å². The highest BCUT2D eigenvalue weighted by Crippen LogP contribution is 2.47. The van der Waals surface area contributed by atoms with Crippen LogP contribution >= 0.6 is 0 Å². The molecule has 34 heavy (non-hydrogen) atoms. The monoisotopic (exact) mass is 461 g/mol. The number of esters is 1. The van der Waals surface area contributed by atoms with E-state index in [0.717, 1.165) is 16.8 Å². The molecule has 0 spiro atoms. The van der Waals surface area contributed by atoms with Crippen LogP contribution in [0.15, 0.2) is 77.1 Å². The Morgan fingerprint density at radius 3 is 2.50 bits per heavy atom. The fourth-order valence-corrected chi connectivity index (χ4v) is 4.90. The molecule has 0 unspecified atom stereocenters. The van der Waals surface area contributed by atoms with Crippen molar-refractivity contribution in [3.8, 4) is 5.75 Å². The Kier molecular flexibility index (Phi) is 7.48. The van der Waals surface area contributed by atoms with E-state index in [4.69, 9.17) is 14.2 Å². The van der Waals surface area contributed by atoms with E-state index in [9.17, 15) is 9.59 Å². The molecule has 0 fully saturated rings. The van der Waals surface area contributed by atoms with Crippen LogP contribution < -0.4 is 10.1 Å². The summed E-state index contributed by atoms with van der Waals surface area (Å²) in [5.74, 6) is -0.260. The molecule has 0 saturated carbocycles. The number of rotatable bonds is 8. The van der Waals surface area contributed by atoms with E-state index in [-0.39, 0.29) is 18.3 Å². The van der Waals surface area contributed by atoms with Crippen LogP contribution in [0.25, 0.3) is 0 Å². The lowest BCUT2D eigenvalue weighted by Crippen LogP contribution is -2.36. The number of nitrogens with one attached hydrogen (secondary N) is 1. The smallest absolute Gasteiger partial charge is 0.336 e. The minimum Gasteiger partial charge on any atom is -0.496 e. The summed E-state index contributed by atoms with van der Waals surface area (Å²) >= 11 is 0. The highest BCUT2D eigenvalue weighted by atomic mass is 16.6. The lowest BCUT2D eigenvalue weighted by Gasteiger charge is -2.37. The van der Waals surface area contributed by atoms with Crippen LogP contribution in [-0.2, 0) is 19.1 Å². The molecule has 0 saturated heterocycles. The first-order valence-electron chi connectivity index (χ1n) is 11.7. The number of hydrogen-bond donors (Lipinski definition) is 1. The van der Waals surface area contributed by atoms with Crippen molar-refractivity contribution in [1.82, 2.24) is 5.32 Å². The Balaban J connectivity index is 1.75. The lowest BCUT2D eigenvalue weighted by molar-refractivity contribution is -0.140. The third-order valence-corrected chi connectivity index (χ3v) is 6.43. The number of benzene rings is 2. The summed E-state index contributed by atoms with van der Waals surface area (Å²) in [5.41, 5.74) is 4.54. The van der Waals surface area contributed by atoms with Crippen LogP contribution in [0.3, 0.4) is 0 Å². The molecule has 1 aliphatic heterocycles. The maximum atomic E-state index is 13.6. The van der Waals surface area contributed by atoms with E-state index < -0.39 is 11.9 Å². The van der Waals surface area contributed by atoms with Crippen LogP contribution in [0.1, 0.15) is 49.7 Å². The number of Topliss-reactive ketones (excluding diaryl/α,β-unsaturated/α-hetero) is 1. The molecule has 1 aliphatic carbocycles. The number of carbonyl (C=O) groups excluding carboxylic acids is 2. The summed E-state index contributed by atoms with van der Waals surface area (Å²) in [4.78, 5) is 26.9. The van der Waals surface area contributed by atoms with Gasteiger partial charge in [0.25, 0.3) is 0 Å². The number of ether oxygens (including phenoxy) is 3. The molecule has 1 heterocycles. The van der Waals surface area contributed by atoms with E-state index in [0.29, 0.717) is 48.6 Å². The van der Waals surface area contributed by atoms with Crippen molar-refractivity contribution in [3.05, 3.63) is 88.3 Å². The van der Waals surface area contributed by atoms with Gasteiger partial charge in [0.1, 0.15) is 12.4 Å². The van der Waals surface area contributed by atoms with Crippen molar-refractivity contribution >= 4 is 11.8 Å². The minimum atomic E-state index is -0.559. The second-order valence-electron chi connectivity index (χ2n) is 8.50. The van der Waals surface area contributed by atoms with Crippen molar-refractivity contribution in [1.29, 1.82) is 0 Å². The second-order valence-corrected chi connectivity index (χ2v) is 8.50. The first kappa shape index (κ1) is 23.8. The summed E-state index contributed by atoms with van der Waals surface area (Å²) in [6, 6.07) is 17.6. The molecule has 6 nitrogen and oxygen atoms in total. The topological polar surface area (TPSA) is 73.9 Å². The zero-order valence-electron chi connectivity index (χ0n) is 19.9. The molecule has 6 heteroatoms. The van der Waals surface area contributed by atoms with Gasteiger partial charge in [-0.3, -0.25) is 4.79 Å². The van der Waals surface area contributed by atoms with Crippen LogP contribution in [0.4, 0.5) is 0 Å². The van der Waals surface area contributed by atoms with Gasteiger partial charge < -0.3 is 19.5 Å². The number of allylic oxidation sites excluding steroid dienone is 3. The number of para-hydroxylation sites is 1. The van der Waals surface area contributed by atoms with E-state index in [1.807, 2.05) is 56.3 Å². The first-order chi connectivity index (χ1) is 16.5. The summed E-state index contributed by atoms with van der Waals surface area (Å²) < 4.78 is 16.5. The molecule has 0 bridgehead atoms. The van der Waals surface area contributed by atoms with Crippen LogP contribution in [0.5, 0.6) is 5.75 Å². The maximum absolute atomic E-state index is 13.6. The van der Waals surface area contributed by atoms with Gasteiger partial charge in [-0.25, -0.2) is 4.79 Å². The molecule has 1 N–H and O–H groups in total. The maximum Gasteiger partial charge on any atom is 0.336 e. The number of ketones is 1. The van der Waals surface area contributed by atoms with Crippen LogP contribution in [0.2, 0.25) is 0 Å². The number of carbonyl (C=O) groups is 2. The van der Waals surface area contributed by atoms with Gasteiger partial charge in [-0.2, -0.15) is 0 Å². The average Bonchev–Trinajstić information content (AvgIpc) is 2.86. The van der Waals surface area contributed by atoms with Gasteiger partial charge in [0.2, 0.25) is 0 Å². The molecular weight excluding hydrogens is 430 g/mol. The molecule has 2 aliphatic rings. The Hall–Kier alpha value is -3.38. The van der Waals surface area contributed by atoms with Crippen LogP contribution in [0, 0.1) is 0 Å². The van der Waals surface area contributed by atoms with Gasteiger partial charge in [-0.05, 0) is 37.8 Å². The Labute approximate surface area is 200 Å². The Bertz CT molecular complexity index is 1120. The second kappa shape index (κ2) is 10.7. The minimum absolute atomic E-state index is 0.0330. The molecule has 178 valence electrons. The lowest BCUT2D eigenvalue weighted by atomic mass is 9.71. The Morgan fingerprint density at radius 2 is 1.76 bits per heavy atom. The predicted octanol–water partition coefficient (Wildman–Crippen LogP) is 4.64. The highest BCUT2D eigenvalue weighted by Gasteiger charge is 2.42. The molecule has 2 atom stereocenters. The van der Waals surface area contributed by atoms with Gasteiger partial charge in [0, 0.05) is 35.6 Å². The van der Waals surface area contributed by atoms with Gasteiger partial charge in [-0.1, -0.05) is 48.5 Å². The van der Waals surface area contributed by atoms with E-state index in [1.54, 1.807) is 7.11 Å². The molecule has 2 aromatic carbocycles. The average molecular weight is 462 g/mol. The van der Waals surface area contributed by atoms with E-state index >= 15 is 0 Å². The third kappa shape index (κ3) is 4.77. The largest absolute Gasteiger partial charge is 0.496 e. The Morgan fingerprint density at radius 1 is 1.03 bits per heavy atom. The van der Waals surface area contributed by atoms with Crippen molar-refractivity contribution in [3.63, 3.8) is 0 Å². The molecule has 0 radical (unpaired) electrons. The normalized spacial score (nSPS) is 20.0. The van der Waals surface area contributed by atoms with Gasteiger partial charge in [-0.15, -0.1) is 0 Å². The summed E-state index contributed by atoms with van der Waals surface area (Å²) in [6.45, 7) is 4.79. The number of dihydropyridines is 1. The predicted molar refractivity (Wildman–Crippen MR) is 129 cm³/mol. The number of hydrogen-bond acceptors (Lipinski definition) is 6. The zero-order valence-corrected chi connectivity index (χ0v) is 19.9. The summed E-state index contributed by atoms with van der Waals surface area (Å²) in [5, 5.41) is 3.38. The van der Waals surface area contributed by atoms with Gasteiger partial charge in [0.05, 0.1) is 25.2 Å². The fourth-order valence-electron chi connectivity index (χ4n) is 4.90. The molecular formula is C28H31NO5. The third-order valence-electron chi connectivity index (χ3n) is 6.43. The summed E-state index contributed by atoms with van der Waals surface area (Å²) in [7, 11) is 1.60. The SMILES string of the molecule is CCOCCOC(=O)C1=C(C)NC2=C(C(=O)C[C@H](c3ccccc3)C2)[C@H]1c1ccccc1OC. The van der Waals surface area contributed by atoms with Crippen LogP contribution in [-0.4, -0.2) is 38.7 Å². The van der Waals surface area contributed by atoms with Crippen molar-refractivity contribution in [2.24, 2.45) is 0 Å². The van der Waals surface area contributed by atoms with Crippen molar-refractivity contribution in [2.45, 2.75) is 38.5 Å². The zero-order chi connectivity index (χ0) is 24.1. The quantitative estimate of drug-likeness (QED) is 0.456. The van der Waals surface area contributed by atoms with E-state index in [1.165, 1.54) is 0 Å². The molecule has 4 rings (SSSR count). The van der Waals surface area contributed by atoms with E-state index in [2.05, 4.69) is 17.4 Å². The summed E-state index contributed by atoms with van der Waals surface area (Å²) in [6.07, 6.45) is 1.09. The molecule has 2 aromatic rings. The fraction of sp³-hybridized carbons (Fsp3) is 0.357. The first-order valence-corrected chi connectivity index (χ1v) is 11.7. The molecule has 0 amide bonds.